The fourth-order valence-electron chi connectivity index (χ4n) is 1.48. The Balaban J connectivity index is 2.88. The van der Waals surface area contributed by atoms with Gasteiger partial charge in [0, 0.05) is 28.2 Å². The third kappa shape index (κ3) is 1.68. The van der Waals surface area contributed by atoms with Gasteiger partial charge >= 0.3 is 0 Å². The van der Waals surface area contributed by atoms with Crippen LogP contribution in [0.5, 0.6) is 0 Å². The van der Waals surface area contributed by atoms with Crippen LogP contribution >= 0.6 is 0 Å². The highest BCUT2D eigenvalue weighted by atomic mass is 19.3. The van der Waals surface area contributed by atoms with Crippen LogP contribution in [0.15, 0.2) is 29.1 Å². The van der Waals surface area contributed by atoms with Gasteiger partial charge in [0.25, 0.3) is 6.43 Å². The molecule has 0 saturated heterocycles. The van der Waals surface area contributed by atoms with Gasteiger partial charge in [-0.3, -0.25) is 4.79 Å². The van der Waals surface area contributed by atoms with Crippen LogP contribution in [0.25, 0.3) is 10.9 Å². The molecule has 0 bridgehead atoms. The van der Waals surface area contributed by atoms with E-state index in [9.17, 15) is 13.6 Å². The number of nitrogen functional groups attached to an aromatic ring is 1. The van der Waals surface area contributed by atoms with Crippen LogP contribution in [0.1, 0.15) is 12.0 Å². The molecule has 2 aromatic rings. The minimum Gasteiger partial charge on any atom is -0.399 e. The number of rotatable bonds is 1. The van der Waals surface area contributed by atoms with Crippen molar-refractivity contribution in [3.63, 3.8) is 0 Å². The van der Waals surface area contributed by atoms with Gasteiger partial charge in [-0.2, -0.15) is 0 Å². The van der Waals surface area contributed by atoms with Crippen molar-refractivity contribution in [3.05, 3.63) is 40.2 Å². The predicted molar refractivity (Wildman–Crippen MR) is 53.9 cm³/mol. The highest BCUT2D eigenvalue weighted by molar-refractivity contribution is 5.85. The van der Waals surface area contributed by atoms with Crippen molar-refractivity contribution >= 4 is 16.6 Å². The van der Waals surface area contributed by atoms with Gasteiger partial charge in [-0.05, 0) is 18.2 Å². The molecule has 3 nitrogen and oxygen atoms in total. The van der Waals surface area contributed by atoms with Gasteiger partial charge in [0.2, 0.25) is 5.56 Å². The fourth-order valence-corrected chi connectivity index (χ4v) is 1.48. The van der Waals surface area contributed by atoms with Gasteiger partial charge in [-0.15, -0.1) is 0 Å². The summed E-state index contributed by atoms with van der Waals surface area (Å²) in [5.41, 5.74) is 5.42. The lowest BCUT2D eigenvalue weighted by atomic mass is 10.1. The lowest BCUT2D eigenvalue weighted by Gasteiger charge is -2.05. The fraction of sp³-hybridized carbons (Fsp3) is 0.100. The number of aromatic nitrogens is 1. The molecule has 0 fully saturated rings. The van der Waals surface area contributed by atoms with Gasteiger partial charge in [0.1, 0.15) is 0 Å². The van der Waals surface area contributed by atoms with Crippen molar-refractivity contribution in [1.29, 1.82) is 0 Å². The van der Waals surface area contributed by atoms with Gasteiger partial charge in [-0.1, -0.05) is 0 Å². The van der Waals surface area contributed by atoms with E-state index in [2.05, 4.69) is 4.98 Å². The Kier molecular flexibility index (Phi) is 2.15. The summed E-state index contributed by atoms with van der Waals surface area (Å²) < 4.78 is 25.2. The Morgan fingerprint density at radius 3 is 2.67 bits per heavy atom. The minimum absolute atomic E-state index is 0.282. The number of hydrogen-bond donors (Lipinski definition) is 2. The van der Waals surface area contributed by atoms with Gasteiger partial charge in [0.15, 0.2) is 0 Å². The molecule has 0 amide bonds. The van der Waals surface area contributed by atoms with Crippen LogP contribution in [-0.4, -0.2) is 4.98 Å². The van der Waals surface area contributed by atoms with E-state index in [1.807, 2.05) is 0 Å². The lowest BCUT2D eigenvalue weighted by molar-refractivity contribution is 0.153. The minimum atomic E-state index is -2.68. The molecule has 0 aliphatic heterocycles. The average molecular weight is 210 g/mol. The molecule has 5 heteroatoms. The smallest absolute Gasteiger partial charge is 0.264 e. The zero-order valence-corrected chi connectivity index (χ0v) is 7.63. The number of halogens is 2. The number of alkyl halides is 2. The SMILES string of the molecule is Nc1ccc2[nH]c(=O)cc(C(F)F)c2c1. The van der Waals surface area contributed by atoms with Crippen molar-refractivity contribution in [2.75, 3.05) is 5.73 Å². The van der Waals surface area contributed by atoms with E-state index < -0.39 is 12.0 Å². The second-order valence-corrected chi connectivity index (χ2v) is 3.19. The highest BCUT2D eigenvalue weighted by Gasteiger charge is 2.12. The third-order valence-corrected chi connectivity index (χ3v) is 2.13. The maximum absolute atomic E-state index is 12.6. The van der Waals surface area contributed by atoms with Crippen LogP contribution in [0, 0.1) is 0 Å². The Morgan fingerprint density at radius 2 is 2.00 bits per heavy atom. The molecule has 0 radical (unpaired) electrons. The maximum Gasteiger partial charge on any atom is 0.264 e. The van der Waals surface area contributed by atoms with Crippen LogP contribution in [-0.2, 0) is 0 Å². The molecule has 1 aromatic carbocycles. The summed E-state index contributed by atoms with van der Waals surface area (Å²) in [5.74, 6) is 0. The largest absolute Gasteiger partial charge is 0.399 e. The third-order valence-electron chi connectivity index (χ3n) is 2.13. The van der Waals surface area contributed by atoms with E-state index >= 15 is 0 Å². The number of pyridine rings is 1. The molecule has 0 unspecified atom stereocenters. The summed E-state index contributed by atoms with van der Waals surface area (Å²) in [4.78, 5) is 13.5. The molecular formula is C10H8F2N2O. The maximum atomic E-state index is 12.6. The van der Waals surface area contributed by atoms with Gasteiger partial charge in [0.05, 0.1) is 0 Å². The molecule has 78 valence electrons. The average Bonchev–Trinajstić information content (AvgIpc) is 2.17. The molecule has 0 atom stereocenters. The summed E-state index contributed by atoms with van der Waals surface area (Å²) in [5, 5.41) is 0.282. The molecular weight excluding hydrogens is 202 g/mol. The molecule has 1 aromatic heterocycles. The molecule has 0 aliphatic rings. The van der Waals surface area contributed by atoms with Crippen LogP contribution in [0.2, 0.25) is 0 Å². The Hall–Kier alpha value is -1.91. The molecule has 0 aliphatic carbocycles. The molecule has 2 rings (SSSR count). The predicted octanol–water partition coefficient (Wildman–Crippen LogP) is 2.05. The quantitative estimate of drug-likeness (QED) is 0.707. The van der Waals surface area contributed by atoms with Crippen LogP contribution in [0.4, 0.5) is 14.5 Å². The number of fused-ring (bicyclic) bond motifs is 1. The second-order valence-electron chi connectivity index (χ2n) is 3.19. The van der Waals surface area contributed by atoms with Crippen LogP contribution in [0.3, 0.4) is 0 Å². The van der Waals surface area contributed by atoms with E-state index in [0.717, 1.165) is 6.07 Å². The zero-order valence-electron chi connectivity index (χ0n) is 7.63. The normalized spacial score (nSPS) is 11.1. The van der Waals surface area contributed by atoms with E-state index in [-0.39, 0.29) is 10.9 Å². The molecule has 1 heterocycles. The summed E-state index contributed by atoms with van der Waals surface area (Å²) in [6.07, 6.45) is -2.68. The highest BCUT2D eigenvalue weighted by Crippen LogP contribution is 2.26. The van der Waals surface area contributed by atoms with Crippen molar-refractivity contribution < 1.29 is 8.78 Å². The zero-order chi connectivity index (χ0) is 11.0. The van der Waals surface area contributed by atoms with Gasteiger partial charge in [-0.25, -0.2) is 8.78 Å². The first-order chi connectivity index (χ1) is 7.08. The summed E-state index contributed by atoms with van der Waals surface area (Å²) in [6.45, 7) is 0. The Labute approximate surface area is 83.5 Å². The first-order valence-electron chi connectivity index (χ1n) is 4.28. The molecule has 0 spiro atoms. The van der Waals surface area contributed by atoms with E-state index in [1.165, 1.54) is 12.1 Å². The van der Waals surface area contributed by atoms with Gasteiger partial charge < -0.3 is 10.7 Å². The number of H-pyrrole nitrogens is 1. The molecule has 15 heavy (non-hydrogen) atoms. The number of anilines is 1. The molecule has 3 N–H and O–H groups in total. The summed E-state index contributed by atoms with van der Waals surface area (Å²) in [6, 6.07) is 5.38. The van der Waals surface area contributed by atoms with Crippen molar-refractivity contribution in [1.82, 2.24) is 4.98 Å². The number of benzene rings is 1. The van der Waals surface area contributed by atoms with Crippen molar-refractivity contribution in [3.8, 4) is 0 Å². The van der Waals surface area contributed by atoms with E-state index in [4.69, 9.17) is 5.73 Å². The topological polar surface area (TPSA) is 58.9 Å². The van der Waals surface area contributed by atoms with E-state index in [1.54, 1.807) is 6.07 Å². The number of aromatic amines is 1. The van der Waals surface area contributed by atoms with Crippen molar-refractivity contribution in [2.45, 2.75) is 6.43 Å². The molecule has 0 saturated carbocycles. The number of nitrogens with two attached hydrogens (primary N) is 1. The first-order valence-corrected chi connectivity index (χ1v) is 4.28. The second kappa shape index (κ2) is 3.34. The lowest BCUT2D eigenvalue weighted by Crippen LogP contribution is -2.07. The van der Waals surface area contributed by atoms with Crippen LogP contribution < -0.4 is 11.3 Å². The number of hydrogen-bond acceptors (Lipinski definition) is 2. The standard InChI is InChI=1S/C10H8F2N2O/c11-10(12)7-4-9(15)14-8-2-1-5(13)3-6(7)8/h1-4,10H,13H2,(H,14,15). The first kappa shape index (κ1) is 9.64. The Bertz CT molecular complexity index is 563. The summed E-state index contributed by atoms with van der Waals surface area (Å²) in [7, 11) is 0. The van der Waals surface area contributed by atoms with E-state index in [0.29, 0.717) is 11.2 Å². The van der Waals surface area contributed by atoms with Crippen molar-refractivity contribution in [2.24, 2.45) is 0 Å². The monoisotopic (exact) mass is 210 g/mol. The Morgan fingerprint density at radius 1 is 1.27 bits per heavy atom. The summed E-state index contributed by atoms with van der Waals surface area (Å²) >= 11 is 0. The number of nitrogens with one attached hydrogen (secondary N) is 1.